The van der Waals surface area contributed by atoms with E-state index in [1.54, 1.807) is 7.11 Å². The molecule has 0 bridgehead atoms. The Morgan fingerprint density at radius 3 is 3.18 bits per heavy atom. The Kier molecular flexibility index (Phi) is 3.68. The number of nitrogens with one attached hydrogen (secondary N) is 1. The van der Waals surface area contributed by atoms with Crippen LogP contribution in [0.4, 0.5) is 5.69 Å². The summed E-state index contributed by atoms with van der Waals surface area (Å²) >= 11 is 6.15. The van der Waals surface area contributed by atoms with Crippen molar-refractivity contribution in [2.45, 2.75) is 18.6 Å². The summed E-state index contributed by atoms with van der Waals surface area (Å²) in [4.78, 5) is 4.41. The smallest absolute Gasteiger partial charge is 0.0723 e. The fourth-order valence-corrected chi connectivity index (χ4v) is 4.03. The lowest BCUT2D eigenvalue weighted by atomic mass is 9.67. The number of ether oxygens (including phenoxy) is 2. The second-order valence-corrected chi connectivity index (χ2v) is 6.53. The Hall–Kier alpha value is -1.36. The lowest BCUT2D eigenvalue weighted by molar-refractivity contribution is -0.0666. The van der Waals surface area contributed by atoms with Gasteiger partial charge in [-0.3, -0.25) is 4.98 Å². The van der Waals surface area contributed by atoms with Gasteiger partial charge in [-0.1, -0.05) is 11.6 Å². The molecule has 1 N–H and O–H groups in total. The van der Waals surface area contributed by atoms with Crippen LogP contribution in [0.2, 0.25) is 5.02 Å². The van der Waals surface area contributed by atoms with Crippen molar-refractivity contribution < 1.29 is 9.47 Å². The van der Waals surface area contributed by atoms with Gasteiger partial charge in [0.05, 0.1) is 18.2 Å². The first-order valence-corrected chi connectivity index (χ1v) is 8.07. The molecule has 1 aliphatic carbocycles. The quantitative estimate of drug-likeness (QED) is 0.939. The number of nitrogens with zero attached hydrogens (tertiary/aromatic N) is 1. The molecule has 1 aromatic carbocycles. The van der Waals surface area contributed by atoms with Crippen LogP contribution in [-0.4, -0.2) is 37.5 Å². The van der Waals surface area contributed by atoms with Gasteiger partial charge in [-0.05, 0) is 30.7 Å². The van der Waals surface area contributed by atoms with Crippen molar-refractivity contribution in [3.8, 4) is 0 Å². The molecule has 4 nitrogen and oxygen atoms in total. The van der Waals surface area contributed by atoms with Crippen LogP contribution < -0.4 is 5.32 Å². The van der Waals surface area contributed by atoms with Gasteiger partial charge in [0.2, 0.25) is 0 Å². The van der Waals surface area contributed by atoms with Gasteiger partial charge in [0.25, 0.3) is 0 Å². The van der Waals surface area contributed by atoms with E-state index in [1.165, 1.54) is 0 Å². The minimum atomic E-state index is 0.342. The van der Waals surface area contributed by atoms with Crippen molar-refractivity contribution in [2.75, 3.05) is 25.6 Å². The Bertz CT molecular complexity index is 693. The highest BCUT2D eigenvalue weighted by Gasteiger charge is 2.53. The molecule has 1 saturated carbocycles. The minimum absolute atomic E-state index is 0.342. The highest BCUT2D eigenvalue weighted by atomic mass is 35.5. The lowest BCUT2D eigenvalue weighted by Crippen LogP contribution is -2.58. The summed E-state index contributed by atoms with van der Waals surface area (Å²) in [5, 5.41) is 5.49. The zero-order valence-electron chi connectivity index (χ0n) is 12.5. The van der Waals surface area contributed by atoms with Crippen LogP contribution >= 0.6 is 11.6 Å². The summed E-state index contributed by atoms with van der Waals surface area (Å²) in [6.45, 7) is 1.58. The molecule has 1 aromatic heterocycles. The molecule has 1 saturated heterocycles. The average molecular weight is 319 g/mol. The number of fused-ring (bicyclic) bond motifs is 2. The molecule has 2 fully saturated rings. The third-order valence-electron chi connectivity index (χ3n) is 4.91. The number of aromatic nitrogens is 1. The molecular formula is C17H19ClN2O2. The third-order valence-corrected chi connectivity index (χ3v) is 5.15. The van der Waals surface area contributed by atoms with Crippen molar-refractivity contribution >= 4 is 28.2 Å². The predicted octanol–water partition coefficient (Wildman–Crippen LogP) is 3.35. The summed E-state index contributed by atoms with van der Waals surface area (Å²) in [5.41, 5.74) is 2.04. The summed E-state index contributed by atoms with van der Waals surface area (Å²) in [5.74, 6) is 0.974. The summed E-state index contributed by atoms with van der Waals surface area (Å²) in [7, 11) is 1.75. The van der Waals surface area contributed by atoms with Gasteiger partial charge >= 0.3 is 0 Å². The first kappa shape index (κ1) is 14.2. The van der Waals surface area contributed by atoms with E-state index in [4.69, 9.17) is 21.1 Å². The maximum atomic E-state index is 6.15. The van der Waals surface area contributed by atoms with E-state index < -0.39 is 0 Å². The van der Waals surface area contributed by atoms with Crippen LogP contribution in [0.1, 0.15) is 6.42 Å². The topological polar surface area (TPSA) is 43.4 Å². The largest absolute Gasteiger partial charge is 0.384 e. The van der Waals surface area contributed by atoms with Gasteiger partial charge in [0, 0.05) is 53.9 Å². The highest BCUT2D eigenvalue weighted by molar-refractivity contribution is 6.31. The molecule has 2 aliphatic rings. The number of pyridine rings is 1. The minimum Gasteiger partial charge on any atom is -0.384 e. The number of rotatable bonds is 4. The number of benzene rings is 1. The lowest BCUT2D eigenvalue weighted by Gasteiger charge is -2.48. The summed E-state index contributed by atoms with van der Waals surface area (Å²) in [6, 6.07) is 8.21. The number of hydrogen-bond acceptors (Lipinski definition) is 4. The van der Waals surface area contributed by atoms with Gasteiger partial charge in [0.15, 0.2) is 0 Å². The van der Waals surface area contributed by atoms with Crippen molar-refractivity contribution in [2.24, 2.45) is 11.8 Å². The maximum Gasteiger partial charge on any atom is 0.0723 e. The highest BCUT2D eigenvalue weighted by Crippen LogP contribution is 2.45. The average Bonchev–Trinajstić information content (AvgIpc) is 2.95. The molecule has 2 heterocycles. The van der Waals surface area contributed by atoms with E-state index in [2.05, 4.69) is 10.3 Å². The molecule has 116 valence electrons. The Morgan fingerprint density at radius 2 is 2.32 bits per heavy atom. The first-order chi connectivity index (χ1) is 10.8. The number of methoxy groups -OCH3 is 1. The third kappa shape index (κ3) is 2.26. The Morgan fingerprint density at radius 1 is 1.41 bits per heavy atom. The van der Waals surface area contributed by atoms with Gasteiger partial charge in [-0.2, -0.15) is 0 Å². The Balaban J connectivity index is 1.64. The number of halogens is 1. The molecule has 4 atom stereocenters. The Labute approximate surface area is 134 Å². The number of anilines is 1. The van der Waals surface area contributed by atoms with E-state index in [9.17, 15) is 0 Å². The van der Waals surface area contributed by atoms with E-state index in [1.807, 2.05) is 30.5 Å². The van der Waals surface area contributed by atoms with Gasteiger partial charge in [-0.25, -0.2) is 0 Å². The fourth-order valence-electron chi connectivity index (χ4n) is 3.86. The van der Waals surface area contributed by atoms with Crippen LogP contribution in [0.15, 0.2) is 30.5 Å². The van der Waals surface area contributed by atoms with Crippen molar-refractivity contribution in [1.82, 2.24) is 4.98 Å². The van der Waals surface area contributed by atoms with E-state index in [0.29, 0.717) is 24.0 Å². The standard InChI is InChI=1S/C17H19ClN2O2/c1-21-9-13-16(11-5-7-22-17(11)13)20-15-4-6-19-14-3-2-10(18)8-12(14)15/h2-4,6,8,11,13,16-17H,5,7,9H2,1H3,(H,19,20)/t11-,13+,16-,17-/m1/s1. The van der Waals surface area contributed by atoms with Crippen molar-refractivity contribution in [1.29, 1.82) is 0 Å². The molecule has 0 spiro atoms. The van der Waals surface area contributed by atoms with Crippen LogP contribution in [0.25, 0.3) is 10.9 Å². The van der Waals surface area contributed by atoms with E-state index >= 15 is 0 Å². The normalized spacial score (nSPS) is 30.1. The maximum absolute atomic E-state index is 6.15. The predicted molar refractivity (Wildman–Crippen MR) is 87.4 cm³/mol. The SMILES string of the molecule is COC[C@H]1[C@H](Nc2ccnc3ccc(Cl)cc23)[C@H]2CCO[C@H]21. The van der Waals surface area contributed by atoms with Crippen molar-refractivity contribution in [3.63, 3.8) is 0 Å². The van der Waals surface area contributed by atoms with Crippen LogP contribution in [-0.2, 0) is 9.47 Å². The molecular weight excluding hydrogens is 300 g/mol. The van der Waals surface area contributed by atoms with Crippen LogP contribution in [0, 0.1) is 11.8 Å². The monoisotopic (exact) mass is 318 g/mol. The second-order valence-electron chi connectivity index (χ2n) is 6.10. The molecule has 0 unspecified atom stereocenters. The van der Waals surface area contributed by atoms with E-state index in [0.717, 1.165) is 41.2 Å². The second kappa shape index (κ2) is 5.69. The molecule has 2 aromatic rings. The first-order valence-electron chi connectivity index (χ1n) is 7.69. The molecule has 5 heteroatoms. The molecule has 0 amide bonds. The van der Waals surface area contributed by atoms with E-state index in [-0.39, 0.29) is 0 Å². The summed E-state index contributed by atoms with van der Waals surface area (Å²) in [6.07, 6.45) is 3.30. The zero-order valence-corrected chi connectivity index (χ0v) is 13.2. The van der Waals surface area contributed by atoms with Crippen LogP contribution in [0.5, 0.6) is 0 Å². The molecule has 22 heavy (non-hydrogen) atoms. The molecule has 0 radical (unpaired) electrons. The fraction of sp³-hybridized carbons (Fsp3) is 0.471. The number of hydrogen-bond donors (Lipinski definition) is 1. The zero-order chi connectivity index (χ0) is 15.1. The van der Waals surface area contributed by atoms with Gasteiger partial charge in [-0.15, -0.1) is 0 Å². The summed E-state index contributed by atoms with van der Waals surface area (Å²) < 4.78 is 11.2. The van der Waals surface area contributed by atoms with Gasteiger partial charge < -0.3 is 14.8 Å². The van der Waals surface area contributed by atoms with Crippen LogP contribution in [0.3, 0.4) is 0 Å². The molecule has 4 rings (SSSR count). The van der Waals surface area contributed by atoms with Gasteiger partial charge in [0.1, 0.15) is 0 Å². The van der Waals surface area contributed by atoms with Crippen molar-refractivity contribution in [3.05, 3.63) is 35.5 Å². The molecule has 1 aliphatic heterocycles.